The van der Waals surface area contributed by atoms with Crippen LogP contribution in [0.25, 0.3) is 0 Å². The van der Waals surface area contributed by atoms with E-state index in [1.165, 1.54) is 12.4 Å². The summed E-state index contributed by atoms with van der Waals surface area (Å²) in [7, 11) is 0. The molecule has 0 amide bonds. The van der Waals surface area contributed by atoms with Crippen LogP contribution in [0.15, 0.2) is 35.1 Å². The predicted octanol–water partition coefficient (Wildman–Crippen LogP) is 4.18. The Balaban J connectivity index is 2.35. The van der Waals surface area contributed by atoms with Crippen molar-refractivity contribution in [1.29, 1.82) is 0 Å². The molecule has 88 valence electrons. The van der Waals surface area contributed by atoms with Gasteiger partial charge in [-0.15, -0.1) is 0 Å². The van der Waals surface area contributed by atoms with Gasteiger partial charge in [0.25, 0.3) is 0 Å². The van der Waals surface area contributed by atoms with Gasteiger partial charge in [-0.25, -0.2) is 0 Å². The van der Waals surface area contributed by atoms with Crippen LogP contribution in [-0.2, 0) is 0 Å². The first-order valence-electron chi connectivity index (χ1n) is 4.91. The Kier molecular flexibility index (Phi) is 3.54. The summed E-state index contributed by atoms with van der Waals surface area (Å²) < 4.78 is 6.68. The van der Waals surface area contributed by atoms with Gasteiger partial charge in [0.1, 0.15) is 10.8 Å². The molecule has 0 spiro atoms. The molecule has 0 fully saturated rings. The van der Waals surface area contributed by atoms with Gasteiger partial charge in [-0.2, -0.15) is 0 Å². The molecular formula is C12H10BrClN2O. The Hall–Kier alpha value is -1.26. The Morgan fingerprint density at radius 2 is 2.12 bits per heavy atom. The highest BCUT2D eigenvalue weighted by atomic mass is 79.9. The van der Waals surface area contributed by atoms with E-state index >= 15 is 0 Å². The summed E-state index contributed by atoms with van der Waals surface area (Å²) in [6.07, 6.45) is 3.01. The maximum Gasteiger partial charge on any atom is 0.172 e. The maximum atomic E-state index is 5.97. The van der Waals surface area contributed by atoms with E-state index in [0.717, 1.165) is 10.0 Å². The van der Waals surface area contributed by atoms with Gasteiger partial charge in [-0.1, -0.05) is 27.5 Å². The first-order valence-corrected chi connectivity index (χ1v) is 6.08. The predicted molar refractivity (Wildman–Crippen MR) is 72.6 cm³/mol. The molecule has 0 saturated carbocycles. The number of benzene rings is 1. The van der Waals surface area contributed by atoms with Crippen LogP contribution in [0, 0.1) is 6.92 Å². The third-order valence-electron chi connectivity index (χ3n) is 2.23. The Bertz CT molecular complexity index is 540. The fourth-order valence-electron chi connectivity index (χ4n) is 1.34. The number of halogens is 2. The molecule has 2 rings (SSSR count). The highest BCUT2D eigenvalue weighted by Crippen LogP contribution is 2.34. The zero-order valence-electron chi connectivity index (χ0n) is 9.08. The molecule has 0 atom stereocenters. The molecular weight excluding hydrogens is 304 g/mol. The maximum absolute atomic E-state index is 5.97. The van der Waals surface area contributed by atoms with Crippen LogP contribution in [-0.4, -0.2) is 4.98 Å². The molecule has 0 aliphatic heterocycles. The molecule has 17 heavy (non-hydrogen) atoms. The number of nitrogen functional groups attached to an aromatic ring is 1. The number of ether oxygens (including phenoxy) is 1. The lowest BCUT2D eigenvalue weighted by Gasteiger charge is -2.10. The number of aryl methyl sites for hydroxylation is 1. The van der Waals surface area contributed by atoms with Crippen LogP contribution in [0.1, 0.15) is 5.56 Å². The van der Waals surface area contributed by atoms with E-state index in [4.69, 9.17) is 22.1 Å². The summed E-state index contributed by atoms with van der Waals surface area (Å²) in [5.74, 6) is 1.12. The third kappa shape index (κ3) is 2.70. The van der Waals surface area contributed by atoms with E-state index < -0.39 is 0 Å². The minimum atomic E-state index is 0.394. The van der Waals surface area contributed by atoms with Gasteiger partial charge in [0.2, 0.25) is 0 Å². The van der Waals surface area contributed by atoms with Crippen molar-refractivity contribution in [3.63, 3.8) is 0 Å². The lowest BCUT2D eigenvalue weighted by Crippen LogP contribution is -1.94. The number of hydrogen-bond donors (Lipinski definition) is 1. The lowest BCUT2D eigenvalue weighted by atomic mass is 10.2. The van der Waals surface area contributed by atoms with Crippen LogP contribution < -0.4 is 10.5 Å². The first-order chi connectivity index (χ1) is 8.08. The van der Waals surface area contributed by atoms with Crippen LogP contribution in [0.5, 0.6) is 11.5 Å². The Labute approximate surface area is 113 Å². The van der Waals surface area contributed by atoms with Crippen molar-refractivity contribution in [1.82, 2.24) is 4.98 Å². The smallest absolute Gasteiger partial charge is 0.172 e. The summed E-state index contributed by atoms with van der Waals surface area (Å²) in [4.78, 5) is 3.87. The van der Waals surface area contributed by atoms with Crippen molar-refractivity contribution in [2.75, 3.05) is 5.73 Å². The summed E-state index contributed by atoms with van der Waals surface area (Å²) in [5.41, 5.74) is 7.25. The number of aromatic nitrogens is 1. The van der Waals surface area contributed by atoms with Crippen molar-refractivity contribution >= 4 is 33.2 Å². The SMILES string of the molecule is Cc1cc(Oc2c(N)cncc2Cl)ccc1Br. The monoisotopic (exact) mass is 312 g/mol. The molecule has 0 radical (unpaired) electrons. The van der Waals surface area contributed by atoms with Crippen LogP contribution in [0.4, 0.5) is 5.69 Å². The van der Waals surface area contributed by atoms with Crippen molar-refractivity contribution in [3.05, 3.63) is 45.7 Å². The number of nitrogens with zero attached hydrogens (tertiary/aromatic N) is 1. The quantitative estimate of drug-likeness (QED) is 0.904. The molecule has 0 saturated heterocycles. The average Bonchev–Trinajstić information content (AvgIpc) is 2.28. The normalized spacial score (nSPS) is 10.3. The molecule has 1 aromatic carbocycles. The summed E-state index contributed by atoms with van der Waals surface area (Å²) in [5, 5.41) is 0.394. The van der Waals surface area contributed by atoms with E-state index in [-0.39, 0.29) is 0 Å². The van der Waals surface area contributed by atoms with E-state index in [1.807, 2.05) is 25.1 Å². The summed E-state index contributed by atoms with van der Waals surface area (Å²) in [6.45, 7) is 1.98. The van der Waals surface area contributed by atoms with Crippen molar-refractivity contribution in [2.45, 2.75) is 6.92 Å². The molecule has 0 unspecified atom stereocenters. The van der Waals surface area contributed by atoms with E-state index in [0.29, 0.717) is 22.2 Å². The minimum Gasteiger partial charge on any atom is -0.453 e. The van der Waals surface area contributed by atoms with Gasteiger partial charge in [-0.3, -0.25) is 4.98 Å². The Morgan fingerprint density at radius 1 is 1.35 bits per heavy atom. The zero-order valence-corrected chi connectivity index (χ0v) is 11.4. The lowest BCUT2D eigenvalue weighted by molar-refractivity contribution is 0.484. The number of pyridine rings is 1. The van der Waals surface area contributed by atoms with Crippen LogP contribution >= 0.6 is 27.5 Å². The van der Waals surface area contributed by atoms with E-state index in [1.54, 1.807) is 0 Å². The number of nitrogens with two attached hydrogens (primary N) is 1. The number of anilines is 1. The second-order valence-electron chi connectivity index (χ2n) is 3.55. The molecule has 1 heterocycles. The molecule has 2 aromatic rings. The van der Waals surface area contributed by atoms with Crippen molar-refractivity contribution in [3.8, 4) is 11.5 Å². The number of rotatable bonds is 2. The van der Waals surface area contributed by atoms with Crippen molar-refractivity contribution < 1.29 is 4.74 Å². The molecule has 0 aliphatic rings. The van der Waals surface area contributed by atoms with Gasteiger partial charge in [0.05, 0.1) is 11.9 Å². The van der Waals surface area contributed by atoms with Gasteiger partial charge in [-0.05, 0) is 30.7 Å². The van der Waals surface area contributed by atoms with Gasteiger partial charge in [0.15, 0.2) is 5.75 Å². The Morgan fingerprint density at radius 3 is 2.76 bits per heavy atom. The second kappa shape index (κ2) is 4.94. The fourth-order valence-corrected chi connectivity index (χ4v) is 1.80. The fraction of sp³-hybridized carbons (Fsp3) is 0.0833. The highest BCUT2D eigenvalue weighted by molar-refractivity contribution is 9.10. The van der Waals surface area contributed by atoms with Crippen LogP contribution in [0.3, 0.4) is 0 Å². The second-order valence-corrected chi connectivity index (χ2v) is 4.81. The van der Waals surface area contributed by atoms with Gasteiger partial charge >= 0.3 is 0 Å². The number of hydrogen-bond acceptors (Lipinski definition) is 3. The largest absolute Gasteiger partial charge is 0.453 e. The molecule has 2 N–H and O–H groups in total. The topological polar surface area (TPSA) is 48.1 Å². The standard InChI is InChI=1S/C12H10BrClN2O/c1-7-4-8(2-3-9(7)13)17-12-10(14)5-16-6-11(12)15/h2-6H,15H2,1H3. The van der Waals surface area contributed by atoms with Gasteiger partial charge < -0.3 is 10.5 Å². The molecule has 1 aromatic heterocycles. The highest BCUT2D eigenvalue weighted by Gasteiger charge is 2.08. The molecule has 5 heteroatoms. The van der Waals surface area contributed by atoms with Crippen LogP contribution in [0.2, 0.25) is 5.02 Å². The zero-order chi connectivity index (χ0) is 12.4. The molecule has 0 bridgehead atoms. The third-order valence-corrected chi connectivity index (χ3v) is 3.39. The van der Waals surface area contributed by atoms with E-state index in [2.05, 4.69) is 20.9 Å². The van der Waals surface area contributed by atoms with Crippen molar-refractivity contribution in [2.24, 2.45) is 0 Å². The first kappa shape index (κ1) is 12.2. The summed E-state index contributed by atoms with van der Waals surface area (Å²) >= 11 is 9.40. The average molecular weight is 314 g/mol. The summed E-state index contributed by atoms with van der Waals surface area (Å²) in [6, 6.07) is 5.66. The van der Waals surface area contributed by atoms with Gasteiger partial charge in [0, 0.05) is 10.7 Å². The van der Waals surface area contributed by atoms with E-state index in [9.17, 15) is 0 Å². The minimum absolute atomic E-state index is 0.394. The molecule has 3 nitrogen and oxygen atoms in total. The molecule has 0 aliphatic carbocycles.